The maximum atomic E-state index is 14.1. The van der Waals surface area contributed by atoms with Crippen molar-refractivity contribution in [3.63, 3.8) is 0 Å². The molecule has 0 saturated carbocycles. The van der Waals surface area contributed by atoms with Crippen molar-refractivity contribution < 1.29 is 13.7 Å². The van der Waals surface area contributed by atoms with Gasteiger partial charge in [-0.15, -0.1) is 0 Å². The van der Waals surface area contributed by atoms with E-state index in [1.54, 1.807) is 17.0 Å². The average molecular weight is 440 g/mol. The number of rotatable bonds is 4. The SMILES string of the molecule is CC1=C(c2nc(-c3ccc(C)cc3)no2)C(c2cccc(F)c2)NC(=O)N1c1ccccc1. The van der Waals surface area contributed by atoms with Gasteiger partial charge in [0.1, 0.15) is 5.82 Å². The highest BCUT2D eigenvalue weighted by Gasteiger charge is 2.36. The Kier molecular flexibility index (Phi) is 5.22. The van der Waals surface area contributed by atoms with E-state index in [0.717, 1.165) is 11.1 Å². The standard InChI is InChI=1S/C26H21FN4O2/c1-16-11-13-18(14-12-16)24-29-25(33-30-24)22-17(2)31(21-9-4-3-5-10-21)26(32)28-23(22)19-7-6-8-20(27)15-19/h3-15,23H,1-2H3,(H,28,32). The number of aromatic nitrogens is 2. The number of halogens is 1. The van der Waals surface area contributed by atoms with Crippen LogP contribution in [-0.4, -0.2) is 16.2 Å². The van der Waals surface area contributed by atoms with Gasteiger partial charge in [-0.05, 0) is 43.7 Å². The van der Waals surface area contributed by atoms with E-state index in [1.165, 1.54) is 12.1 Å². The van der Waals surface area contributed by atoms with Crippen LogP contribution in [-0.2, 0) is 0 Å². The Hall–Kier alpha value is -4.26. The van der Waals surface area contributed by atoms with Crippen molar-refractivity contribution in [1.82, 2.24) is 15.5 Å². The lowest BCUT2D eigenvalue weighted by molar-refractivity contribution is 0.244. The van der Waals surface area contributed by atoms with Gasteiger partial charge in [0.05, 0.1) is 17.3 Å². The molecule has 2 heterocycles. The van der Waals surface area contributed by atoms with Crippen LogP contribution in [0.15, 0.2) is 89.1 Å². The molecule has 0 radical (unpaired) electrons. The topological polar surface area (TPSA) is 71.3 Å². The van der Waals surface area contributed by atoms with Crippen molar-refractivity contribution >= 4 is 17.3 Å². The van der Waals surface area contributed by atoms with Gasteiger partial charge in [-0.3, -0.25) is 4.90 Å². The van der Waals surface area contributed by atoms with E-state index < -0.39 is 11.9 Å². The number of aryl methyl sites for hydroxylation is 1. The van der Waals surface area contributed by atoms with Crippen LogP contribution >= 0.6 is 0 Å². The van der Waals surface area contributed by atoms with Crippen LogP contribution in [0.5, 0.6) is 0 Å². The molecule has 1 unspecified atom stereocenters. The lowest BCUT2D eigenvalue weighted by Gasteiger charge is -2.35. The highest BCUT2D eigenvalue weighted by Crippen LogP contribution is 2.39. The van der Waals surface area contributed by atoms with Crippen LogP contribution in [0.4, 0.5) is 14.9 Å². The second-order valence-corrected chi connectivity index (χ2v) is 7.90. The van der Waals surface area contributed by atoms with Crippen LogP contribution in [0.25, 0.3) is 17.0 Å². The Bertz CT molecular complexity index is 1350. The minimum Gasteiger partial charge on any atom is -0.334 e. The quantitative estimate of drug-likeness (QED) is 0.430. The van der Waals surface area contributed by atoms with E-state index in [-0.39, 0.29) is 11.9 Å². The number of anilines is 1. The van der Waals surface area contributed by atoms with Gasteiger partial charge in [0.2, 0.25) is 5.82 Å². The Morgan fingerprint density at radius 3 is 2.45 bits per heavy atom. The number of hydrogen-bond acceptors (Lipinski definition) is 4. The maximum Gasteiger partial charge on any atom is 0.326 e. The van der Waals surface area contributed by atoms with Gasteiger partial charge in [0, 0.05) is 11.3 Å². The van der Waals surface area contributed by atoms with Gasteiger partial charge in [-0.25, -0.2) is 9.18 Å². The molecule has 1 atom stereocenters. The fourth-order valence-electron chi connectivity index (χ4n) is 4.00. The third kappa shape index (κ3) is 3.89. The van der Waals surface area contributed by atoms with E-state index in [1.807, 2.05) is 68.4 Å². The fourth-order valence-corrected chi connectivity index (χ4v) is 4.00. The van der Waals surface area contributed by atoms with Crippen LogP contribution < -0.4 is 10.2 Å². The van der Waals surface area contributed by atoms with E-state index in [9.17, 15) is 9.18 Å². The minimum absolute atomic E-state index is 0.262. The summed E-state index contributed by atoms with van der Waals surface area (Å²) in [6.45, 7) is 3.83. The molecule has 164 valence electrons. The van der Waals surface area contributed by atoms with Crippen molar-refractivity contribution in [1.29, 1.82) is 0 Å². The number of urea groups is 1. The third-order valence-corrected chi connectivity index (χ3v) is 5.65. The molecule has 1 aromatic heterocycles. The van der Waals surface area contributed by atoms with Crippen molar-refractivity contribution in [2.45, 2.75) is 19.9 Å². The molecule has 6 nitrogen and oxygen atoms in total. The number of benzene rings is 3. The molecule has 3 aromatic carbocycles. The summed E-state index contributed by atoms with van der Waals surface area (Å²) in [6, 6.07) is 22.2. The molecule has 4 aromatic rings. The number of amides is 2. The number of nitrogens with one attached hydrogen (secondary N) is 1. The highest BCUT2D eigenvalue weighted by molar-refractivity contribution is 6.01. The van der Waals surface area contributed by atoms with Crippen LogP contribution in [0.3, 0.4) is 0 Å². The zero-order valence-corrected chi connectivity index (χ0v) is 18.1. The second kappa shape index (κ2) is 8.35. The summed E-state index contributed by atoms with van der Waals surface area (Å²) in [7, 11) is 0. The molecule has 1 aliphatic heterocycles. The Balaban J connectivity index is 1.66. The van der Waals surface area contributed by atoms with E-state index in [0.29, 0.717) is 28.3 Å². The molecule has 33 heavy (non-hydrogen) atoms. The summed E-state index contributed by atoms with van der Waals surface area (Å²) in [4.78, 5) is 19.3. The summed E-state index contributed by atoms with van der Waals surface area (Å²) in [5, 5.41) is 7.14. The predicted octanol–water partition coefficient (Wildman–Crippen LogP) is 5.89. The maximum absolute atomic E-state index is 14.1. The lowest BCUT2D eigenvalue weighted by Crippen LogP contribution is -2.46. The summed E-state index contributed by atoms with van der Waals surface area (Å²) >= 11 is 0. The summed E-state index contributed by atoms with van der Waals surface area (Å²) < 4.78 is 19.7. The number of carbonyl (C=O) groups excluding carboxylic acids is 1. The molecule has 0 spiro atoms. The first-order valence-corrected chi connectivity index (χ1v) is 10.5. The second-order valence-electron chi connectivity index (χ2n) is 7.90. The van der Waals surface area contributed by atoms with Crippen LogP contribution in [0.1, 0.15) is 30.0 Å². The molecule has 5 rings (SSSR count). The van der Waals surface area contributed by atoms with Crippen molar-refractivity contribution in [3.8, 4) is 11.4 Å². The zero-order chi connectivity index (χ0) is 22.9. The van der Waals surface area contributed by atoms with Crippen molar-refractivity contribution in [2.24, 2.45) is 0 Å². The predicted molar refractivity (Wildman–Crippen MR) is 124 cm³/mol. The monoisotopic (exact) mass is 440 g/mol. The molecule has 0 bridgehead atoms. The third-order valence-electron chi connectivity index (χ3n) is 5.65. The number of carbonyl (C=O) groups is 1. The van der Waals surface area contributed by atoms with Gasteiger partial charge in [0.15, 0.2) is 0 Å². The molecule has 0 saturated heterocycles. The van der Waals surface area contributed by atoms with E-state index in [2.05, 4.69) is 15.5 Å². The largest absolute Gasteiger partial charge is 0.334 e. The fraction of sp³-hybridized carbons (Fsp3) is 0.115. The number of nitrogens with zero attached hydrogens (tertiary/aromatic N) is 3. The number of allylic oxidation sites excluding steroid dienone is 1. The van der Waals surface area contributed by atoms with Gasteiger partial charge in [-0.2, -0.15) is 4.98 Å². The van der Waals surface area contributed by atoms with Crippen LogP contribution in [0.2, 0.25) is 0 Å². The molecule has 0 aliphatic carbocycles. The van der Waals surface area contributed by atoms with Gasteiger partial charge in [-0.1, -0.05) is 65.3 Å². The highest BCUT2D eigenvalue weighted by atomic mass is 19.1. The molecule has 1 N–H and O–H groups in total. The first-order chi connectivity index (χ1) is 16.0. The summed E-state index contributed by atoms with van der Waals surface area (Å²) in [6.07, 6.45) is 0. The van der Waals surface area contributed by atoms with Gasteiger partial charge < -0.3 is 9.84 Å². The lowest BCUT2D eigenvalue weighted by atomic mass is 9.94. The number of para-hydroxylation sites is 1. The summed E-state index contributed by atoms with van der Waals surface area (Å²) in [5.41, 5.74) is 4.45. The van der Waals surface area contributed by atoms with Gasteiger partial charge in [0.25, 0.3) is 5.89 Å². The molecule has 2 amide bonds. The molecule has 1 aliphatic rings. The first kappa shape index (κ1) is 20.6. The molecule has 7 heteroatoms. The first-order valence-electron chi connectivity index (χ1n) is 10.5. The minimum atomic E-state index is -0.653. The van der Waals surface area contributed by atoms with E-state index in [4.69, 9.17) is 4.52 Å². The van der Waals surface area contributed by atoms with Crippen molar-refractivity contribution in [2.75, 3.05) is 4.90 Å². The smallest absolute Gasteiger partial charge is 0.326 e. The molecule has 0 fully saturated rings. The van der Waals surface area contributed by atoms with E-state index >= 15 is 0 Å². The van der Waals surface area contributed by atoms with Crippen LogP contribution in [0, 0.1) is 12.7 Å². The Morgan fingerprint density at radius 2 is 1.73 bits per heavy atom. The Morgan fingerprint density at radius 1 is 0.970 bits per heavy atom. The average Bonchev–Trinajstić information content (AvgIpc) is 3.29. The normalized spacial score (nSPS) is 16.2. The van der Waals surface area contributed by atoms with Crippen molar-refractivity contribution in [3.05, 3.63) is 107 Å². The molecular weight excluding hydrogens is 419 g/mol. The summed E-state index contributed by atoms with van der Waals surface area (Å²) in [5.74, 6) is 0.305. The molecular formula is C26H21FN4O2. The zero-order valence-electron chi connectivity index (χ0n) is 18.1. The number of hydrogen-bond donors (Lipinski definition) is 1. The Labute approximate surface area is 190 Å². The van der Waals surface area contributed by atoms with Gasteiger partial charge >= 0.3 is 6.03 Å².